The summed E-state index contributed by atoms with van der Waals surface area (Å²) in [5.41, 5.74) is 3.47. The van der Waals surface area contributed by atoms with Crippen molar-refractivity contribution in [3.05, 3.63) is 65.2 Å². The molecule has 2 aromatic rings. The molecule has 4 rings (SSSR count). The summed E-state index contributed by atoms with van der Waals surface area (Å²) in [5.74, 6) is -0.245. The van der Waals surface area contributed by atoms with Crippen molar-refractivity contribution in [2.75, 3.05) is 44.3 Å². The van der Waals surface area contributed by atoms with Gasteiger partial charge in [-0.15, -0.1) is 0 Å². The van der Waals surface area contributed by atoms with Crippen molar-refractivity contribution in [1.29, 1.82) is 0 Å². The molecule has 2 aliphatic rings. The summed E-state index contributed by atoms with van der Waals surface area (Å²) in [6.07, 6.45) is 3.80. The lowest BCUT2D eigenvalue weighted by atomic mass is 10.1. The molecule has 0 spiro atoms. The van der Waals surface area contributed by atoms with Gasteiger partial charge in [0.2, 0.25) is 10.0 Å². The van der Waals surface area contributed by atoms with Gasteiger partial charge in [0.05, 0.1) is 19.0 Å². The number of hydrogen-bond donors (Lipinski definition) is 1. The van der Waals surface area contributed by atoms with Crippen LogP contribution in [0.5, 0.6) is 0 Å². The van der Waals surface area contributed by atoms with Crippen LogP contribution < -0.4 is 10.2 Å². The Labute approximate surface area is 190 Å². The number of sulfonamides is 1. The van der Waals surface area contributed by atoms with Gasteiger partial charge in [-0.25, -0.2) is 8.42 Å². The van der Waals surface area contributed by atoms with Gasteiger partial charge in [-0.3, -0.25) is 4.79 Å². The molecule has 2 aromatic carbocycles. The minimum absolute atomic E-state index is 0.0712. The highest BCUT2D eigenvalue weighted by atomic mass is 32.2. The van der Waals surface area contributed by atoms with Crippen molar-refractivity contribution in [3.63, 3.8) is 0 Å². The number of rotatable bonds is 7. The van der Waals surface area contributed by atoms with Crippen LogP contribution in [0.3, 0.4) is 0 Å². The van der Waals surface area contributed by atoms with Gasteiger partial charge >= 0.3 is 0 Å². The summed E-state index contributed by atoms with van der Waals surface area (Å²) in [7, 11) is -3.38. The highest BCUT2D eigenvalue weighted by Gasteiger charge is 2.24. The Bertz CT molecular complexity index is 995. The molecule has 0 aromatic heterocycles. The van der Waals surface area contributed by atoms with Crippen LogP contribution >= 0.6 is 0 Å². The number of benzene rings is 2. The third-order valence-electron chi connectivity index (χ3n) is 6.04. The SMILES string of the molecule is O=C(NCc1ccc(N2CCCCC2)cc1)c1ccc(CS(=O)(=O)N2CCOCC2)cc1. The van der Waals surface area contributed by atoms with Crippen molar-refractivity contribution in [3.8, 4) is 0 Å². The van der Waals surface area contributed by atoms with Gasteiger partial charge in [0.25, 0.3) is 5.91 Å². The number of carbonyl (C=O) groups excluding carboxylic acids is 1. The molecule has 0 saturated carbocycles. The summed E-state index contributed by atoms with van der Waals surface area (Å²) in [4.78, 5) is 14.9. The molecule has 1 amide bonds. The number of amides is 1. The molecule has 0 radical (unpaired) electrons. The maximum atomic E-state index is 12.5. The molecule has 8 heteroatoms. The van der Waals surface area contributed by atoms with E-state index in [9.17, 15) is 13.2 Å². The Balaban J connectivity index is 1.29. The largest absolute Gasteiger partial charge is 0.379 e. The van der Waals surface area contributed by atoms with Crippen molar-refractivity contribution in [2.24, 2.45) is 0 Å². The molecule has 2 aliphatic heterocycles. The number of ether oxygens (including phenoxy) is 1. The Morgan fingerprint density at radius 2 is 1.47 bits per heavy atom. The van der Waals surface area contributed by atoms with Crippen LogP contribution in [0.2, 0.25) is 0 Å². The maximum Gasteiger partial charge on any atom is 0.251 e. The molecule has 2 heterocycles. The standard InChI is InChI=1S/C24H31N3O4S/c28-24(25-18-20-6-10-23(11-7-20)26-12-2-1-3-13-26)22-8-4-21(5-9-22)19-32(29,30)27-14-16-31-17-15-27/h4-11H,1-3,12-19H2,(H,25,28). The first-order valence-electron chi connectivity index (χ1n) is 11.3. The zero-order valence-electron chi connectivity index (χ0n) is 18.3. The van der Waals surface area contributed by atoms with Crippen LogP contribution in [0.4, 0.5) is 5.69 Å². The molecular formula is C24H31N3O4S. The lowest BCUT2D eigenvalue weighted by molar-refractivity contribution is 0.0729. The van der Waals surface area contributed by atoms with E-state index in [0.717, 1.165) is 18.7 Å². The van der Waals surface area contributed by atoms with Crippen LogP contribution in [-0.4, -0.2) is 58.0 Å². The van der Waals surface area contributed by atoms with E-state index in [4.69, 9.17) is 4.74 Å². The molecule has 0 bridgehead atoms. The highest BCUT2D eigenvalue weighted by molar-refractivity contribution is 7.88. The number of morpholine rings is 1. The van der Waals surface area contributed by atoms with Crippen molar-refractivity contribution >= 4 is 21.6 Å². The Morgan fingerprint density at radius 3 is 2.12 bits per heavy atom. The van der Waals surface area contributed by atoms with Gasteiger partial charge in [0.1, 0.15) is 0 Å². The molecular weight excluding hydrogens is 426 g/mol. The summed E-state index contributed by atoms with van der Waals surface area (Å²) in [6, 6.07) is 15.1. The summed E-state index contributed by atoms with van der Waals surface area (Å²) < 4.78 is 31.8. The minimum Gasteiger partial charge on any atom is -0.379 e. The van der Waals surface area contributed by atoms with E-state index in [2.05, 4.69) is 34.5 Å². The zero-order valence-corrected chi connectivity index (χ0v) is 19.1. The van der Waals surface area contributed by atoms with Gasteiger partial charge in [-0.05, 0) is 54.7 Å². The van der Waals surface area contributed by atoms with Crippen molar-refractivity contribution in [1.82, 2.24) is 9.62 Å². The molecule has 0 aliphatic carbocycles. The quantitative estimate of drug-likeness (QED) is 0.692. The fraction of sp³-hybridized carbons (Fsp3) is 0.458. The van der Waals surface area contributed by atoms with Crippen LogP contribution in [-0.2, 0) is 27.1 Å². The fourth-order valence-corrected chi connectivity index (χ4v) is 5.64. The number of carbonyl (C=O) groups is 1. The smallest absolute Gasteiger partial charge is 0.251 e. The molecule has 0 unspecified atom stereocenters. The summed E-state index contributed by atoms with van der Waals surface area (Å²) >= 11 is 0. The van der Waals surface area contributed by atoms with Gasteiger partial charge in [0.15, 0.2) is 0 Å². The third-order valence-corrected chi connectivity index (χ3v) is 7.89. The monoisotopic (exact) mass is 457 g/mol. The second-order valence-corrected chi connectivity index (χ2v) is 10.3. The average Bonchev–Trinajstić information content (AvgIpc) is 2.84. The van der Waals surface area contributed by atoms with Gasteiger partial charge in [0, 0.05) is 44.0 Å². The molecule has 32 heavy (non-hydrogen) atoms. The van der Waals surface area contributed by atoms with Gasteiger partial charge < -0.3 is 15.0 Å². The summed E-state index contributed by atoms with van der Waals surface area (Å²) in [5, 5.41) is 2.94. The second kappa shape index (κ2) is 10.5. The van der Waals surface area contributed by atoms with Crippen molar-refractivity contribution in [2.45, 2.75) is 31.6 Å². The first-order valence-corrected chi connectivity index (χ1v) is 12.9. The number of hydrogen-bond acceptors (Lipinski definition) is 5. The van der Waals surface area contributed by atoms with E-state index in [0.29, 0.717) is 44.0 Å². The lowest BCUT2D eigenvalue weighted by Gasteiger charge is -2.28. The number of nitrogens with one attached hydrogen (secondary N) is 1. The first-order chi connectivity index (χ1) is 15.5. The minimum atomic E-state index is -3.38. The normalized spacial score (nSPS) is 17.8. The van der Waals surface area contributed by atoms with E-state index in [1.807, 2.05) is 0 Å². The second-order valence-electron chi connectivity index (χ2n) is 8.36. The average molecular weight is 458 g/mol. The summed E-state index contributed by atoms with van der Waals surface area (Å²) in [6.45, 7) is 4.31. The predicted octanol–water partition coefficient (Wildman–Crippen LogP) is 2.77. The number of nitrogens with zero attached hydrogens (tertiary/aromatic N) is 2. The van der Waals surface area contributed by atoms with E-state index in [1.54, 1.807) is 24.3 Å². The fourth-order valence-electron chi connectivity index (χ4n) is 4.14. The highest BCUT2D eigenvalue weighted by Crippen LogP contribution is 2.20. The van der Waals surface area contributed by atoms with Crippen LogP contribution in [0.1, 0.15) is 40.7 Å². The van der Waals surface area contributed by atoms with E-state index < -0.39 is 10.0 Å². The lowest BCUT2D eigenvalue weighted by Crippen LogP contribution is -2.41. The van der Waals surface area contributed by atoms with Crippen molar-refractivity contribution < 1.29 is 17.9 Å². The molecule has 7 nitrogen and oxygen atoms in total. The van der Waals surface area contributed by atoms with E-state index >= 15 is 0 Å². The molecule has 0 atom stereocenters. The van der Waals surface area contributed by atoms with E-state index in [1.165, 1.54) is 29.3 Å². The Kier molecular flexibility index (Phi) is 7.44. The zero-order chi connectivity index (χ0) is 22.4. The number of anilines is 1. The Hall–Kier alpha value is -2.42. The van der Waals surface area contributed by atoms with Gasteiger partial charge in [-0.1, -0.05) is 24.3 Å². The van der Waals surface area contributed by atoms with E-state index in [-0.39, 0.29) is 11.7 Å². The first kappa shape index (κ1) is 22.8. The third kappa shape index (κ3) is 5.88. The topological polar surface area (TPSA) is 79.0 Å². The van der Waals surface area contributed by atoms with Crippen LogP contribution in [0.15, 0.2) is 48.5 Å². The molecule has 2 fully saturated rings. The predicted molar refractivity (Wildman–Crippen MR) is 125 cm³/mol. The van der Waals surface area contributed by atoms with Crippen LogP contribution in [0, 0.1) is 0 Å². The number of piperidine rings is 1. The molecule has 1 N–H and O–H groups in total. The molecule has 2 saturated heterocycles. The maximum absolute atomic E-state index is 12.5. The Morgan fingerprint density at radius 1 is 0.844 bits per heavy atom. The molecule has 172 valence electrons. The van der Waals surface area contributed by atoms with Gasteiger partial charge in [-0.2, -0.15) is 4.31 Å². The van der Waals surface area contributed by atoms with Crippen LogP contribution in [0.25, 0.3) is 0 Å².